The molecule has 114 valence electrons. The van der Waals surface area contributed by atoms with E-state index in [1.807, 2.05) is 0 Å². The van der Waals surface area contributed by atoms with Gasteiger partial charge in [0, 0.05) is 13.1 Å². The first-order valence-electron chi connectivity index (χ1n) is 7.79. The van der Waals surface area contributed by atoms with Crippen LogP contribution in [-0.4, -0.2) is 81.8 Å². The molecule has 0 unspecified atom stereocenters. The molecular formula is C14H33ClN3Si+. The minimum absolute atomic E-state index is 0.480. The van der Waals surface area contributed by atoms with E-state index in [0.29, 0.717) is 8.99 Å². The van der Waals surface area contributed by atoms with E-state index in [9.17, 15) is 0 Å². The molecule has 0 aliphatic rings. The molecule has 0 aliphatic heterocycles. The monoisotopic (exact) mass is 306 g/mol. The topological polar surface area (TPSA) is 6.48 Å². The number of rotatable bonds is 12. The Labute approximate surface area is 128 Å². The molecule has 0 saturated carbocycles. The van der Waals surface area contributed by atoms with Crippen molar-refractivity contribution in [1.29, 1.82) is 0 Å². The van der Waals surface area contributed by atoms with Gasteiger partial charge in [-0.15, -0.1) is 0 Å². The van der Waals surface area contributed by atoms with Crippen LogP contribution in [0.2, 0.25) is 0 Å². The maximum absolute atomic E-state index is 6.33. The fraction of sp³-hybridized carbons (Fsp3) is 1.00. The van der Waals surface area contributed by atoms with E-state index in [1.165, 1.54) is 26.2 Å². The molecule has 0 heterocycles. The molecular weight excluding hydrogens is 274 g/mol. The van der Waals surface area contributed by atoms with Crippen LogP contribution in [0.5, 0.6) is 0 Å². The first kappa shape index (κ1) is 19.4. The Morgan fingerprint density at radius 1 is 0.789 bits per heavy atom. The molecule has 2 radical (unpaired) electrons. The first-order valence-corrected chi connectivity index (χ1v) is 9.75. The van der Waals surface area contributed by atoms with Gasteiger partial charge in [-0.1, -0.05) is 38.8 Å². The fourth-order valence-electron chi connectivity index (χ4n) is 2.32. The van der Waals surface area contributed by atoms with E-state index in [2.05, 4.69) is 44.4 Å². The van der Waals surface area contributed by atoms with Gasteiger partial charge >= 0.3 is 8.99 Å². The summed E-state index contributed by atoms with van der Waals surface area (Å²) >= 11 is 6.33. The van der Waals surface area contributed by atoms with Crippen molar-refractivity contribution >= 4 is 20.1 Å². The number of halogens is 1. The molecule has 0 fully saturated rings. The zero-order valence-electron chi connectivity index (χ0n) is 13.6. The molecule has 0 saturated heterocycles. The van der Waals surface area contributed by atoms with Crippen LogP contribution in [-0.2, 0) is 0 Å². The van der Waals surface area contributed by atoms with Crippen molar-refractivity contribution in [2.45, 2.75) is 34.6 Å². The summed E-state index contributed by atoms with van der Waals surface area (Å²) in [5, 5.41) is 0. The van der Waals surface area contributed by atoms with Gasteiger partial charge in [-0.2, -0.15) is 0 Å². The van der Waals surface area contributed by atoms with Crippen LogP contribution < -0.4 is 0 Å². The largest absolute Gasteiger partial charge is 0.522 e. The number of likely N-dealkylation sites (N-methyl/N-ethyl adjacent to an activating group) is 3. The van der Waals surface area contributed by atoms with E-state index in [0.717, 1.165) is 36.9 Å². The van der Waals surface area contributed by atoms with E-state index >= 15 is 0 Å². The van der Waals surface area contributed by atoms with Crippen molar-refractivity contribution in [3.63, 3.8) is 0 Å². The molecule has 5 heteroatoms. The molecule has 0 bridgehead atoms. The maximum Gasteiger partial charge on any atom is 0.522 e. The molecule has 0 aliphatic carbocycles. The van der Waals surface area contributed by atoms with Gasteiger partial charge in [0.25, 0.3) is 0 Å². The van der Waals surface area contributed by atoms with Gasteiger partial charge in [-0.3, -0.25) is 9.80 Å². The van der Waals surface area contributed by atoms with Crippen LogP contribution in [0.1, 0.15) is 34.6 Å². The Morgan fingerprint density at radius 3 is 1.37 bits per heavy atom. The zero-order chi connectivity index (χ0) is 14.7. The molecule has 3 nitrogen and oxygen atoms in total. The minimum Gasteiger partial charge on any atom is -0.364 e. The second-order valence-corrected chi connectivity index (χ2v) is 6.67. The zero-order valence-corrected chi connectivity index (χ0v) is 15.3. The van der Waals surface area contributed by atoms with E-state index in [1.54, 1.807) is 0 Å². The number of hydrogen-bond acceptors (Lipinski definition) is 2. The standard InChI is InChI=1S/C14H33ClN3Si/c1-6-16(7-2)11-13-18(10-5,19-15)14-12-17(8-3)9-4/h6-14H2,1-5H3/q+1. The van der Waals surface area contributed by atoms with E-state index in [4.69, 9.17) is 11.1 Å². The number of nitrogens with zero attached hydrogens (tertiary/aromatic N) is 3. The predicted molar refractivity (Wildman–Crippen MR) is 87.7 cm³/mol. The van der Waals surface area contributed by atoms with Crippen molar-refractivity contribution in [3.8, 4) is 0 Å². The van der Waals surface area contributed by atoms with Crippen LogP contribution in [0.15, 0.2) is 0 Å². The van der Waals surface area contributed by atoms with Crippen molar-refractivity contribution in [2.75, 3.05) is 58.9 Å². The van der Waals surface area contributed by atoms with Crippen LogP contribution in [0.3, 0.4) is 0 Å². The Balaban J connectivity index is 4.39. The summed E-state index contributed by atoms with van der Waals surface area (Å²) in [5.74, 6) is 0. The van der Waals surface area contributed by atoms with Crippen molar-refractivity contribution in [3.05, 3.63) is 0 Å². The highest BCUT2D eigenvalue weighted by Crippen LogP contribution is 2.08. The summed E-state index contributed by atoms with van der Waals surface area (Å²) in [5.41, 5.74) is 0. The lowest BCUT2D eigenvalue weighted by atomic mass is 10.3. The summed E-state index contributed by atoms with van der Waals surface area (Å²) in [6.07, 6.45) is 0. The second kappa shape index (κ2) is 11.1. The summed E-state index contributed by atoms with van der Waals surface area (Å²) < 4.78 is 1.06. The average Bonchev–Trinajstić information content (AvgIpc) is 2.47. The highest BCUT2D eigenvalue weighted by Gasteiger charge is 2.27. The molecule has 0 aromatic heterocycles. The number of quaternary nitrogens is 1. The second-order valence-electron chi connectivity index (χ2n) is 5.05. The first-order chi connectivity index (χ1) is 9.11. The van der Waals surface area contributed by atoms with Gasteiger partial charge in [-0.05, 0) is 33.1 Å². The van der Waals surface area contributed by atoms with Crippen molar-refractivity contribution in [2.24, 2.45) is 0 Å². The SMILES string of the molecule is CCN(CC)CC[N+](CC)(CCN(CC)CC)[Si]Cl. The van der Waals surface area contributed by atoms with Gasteiger partial charge in [0.15, 0.2) is 0 Å². The maximum atomic E-state index is 6.33. The third-order valence-corrected chi connectivity index (χ3v) is 6.46. The van der Waals surface area contributed by atoms with Crippen LogP contribution in [0.4, 0.5) is 0 Å². The highest BCUT2D eigenvalue weighted by atomic mass is 35.6. The Bertz CT molecular complexity index is 187. The third kappa shape index (κ3) is 7.09. The predicted octanol–water partition coefficient (Wildman–Crippen LogP) is 2.28. The highest BCUT2D eigenvalue weighted by molar-refractivity contribution is 6.89. The van der Waals surface area contributed by atoms with E-state index in [-0.39, 0.29) is 0 Å². The molecule has 0 rings (SSSR count). The third-order valence-electron chi connectivity index (χ3n) is 4.26. The summed E-state index contributed by atoms with van der Waals surface area (Å²) in [4.78, 5) is 4.99. The Morgan fingerprint density at radius 2 is 1.16 bits per heavy atom. The lowest BCUT2D eigenvalue weighted by Crippen LogP contribution is -2.55. The quantitative estimate of drug-likeness (QED) is 0.403. The normalized spacial score (nSPS) is 12.6. The van der Waals surface area contributed by atoms with Gasteiger partial charge in [0.2, 0.25) is 0 Å². The smallest absolute Gasteiger partial charge is 0.364 e. The van der Waals surface area contributed by atoms with Crippen molar-refractivity contribution < 1.29 is 4.15 Å². The van der Waals surface area contributed by atoms with Crippen LogP contribution >= 0.6 is 11.1 Å². The number of hydrogen-bond donors (Lipinski definition) is 0. The molecule has 19 heavy (non-hydrogen) atoms. The van der Waals surface area contributed by atoms with Crippen molar-refractivity contribution in [1.82, 2.24) is 9.80 Å². The molecule has 0 aromatic carbocycles. The van der Waals surface area contributed by atoms with E-state index < -0.39 is 0 Å². The molecule has 0 spiro atoms. The Kier molecular flexibility index (Phi) is 11.3. The molecule has 0 amide bonds. The van der Waals surface area contributed by atoms with Gasteiger partial charge < -0.3 is 4.15 Å². The summed E-state index contributed by atoms with van der Waals surface area (Å²) in [6, 6.07) is 0. The average molecular weight is 307 g/mol. The van der Waals surface area contributed by atoms with Crippen LogP contribution in [0, 0.1) is 0 Å². The van der Waals surface area contributed by atoms with Gasteiger partial charge in [-0.25, -0.2) is 0 Å². The fourth-order valence-corrected chi connectivity index (χ4v) is 3.67. The lowest BCUT2D eigenvalue weighted by molar-refractivity contribution is -0.817. The summed E-state index contributed by atoms with van der Waals surface area (Å²) in [6.45, 7) is 21.6. The molecule has 0 atom stereocenters. The lowest BCUT2D eigenvalue weighted by Gasteiger charge is -2.38. The Hall–Kier alpha value is 0.387. The van der Waals surface area contributed by atoms with Gasteiger partial charge in [0.1, 0.15) is 0 Å². The van der Waals surface area contributed by atoms with Gasteiger partial charge in [0.05, 0.1) is 19.6 Å². The minimum atomic E-state index is 0.480. The molecule has 0 aromatic rings. The molecule has 0 N–H and O–H groups in total. The van der Waals surface area contributed by atoms with Crippen LogP contribution in [0.25, 0.3) is 0 Å². The summed E-state index contributed by atoms with van der Waals surface area (Å²) in [7, 11) is 0.480.